The summed E-state index contributed by atoms with van der Waals surface area (Å²) < 4.78 is 1.55. The highest BCUT2D eigenvalue weighted by atomic mass is 33.1. The normalized spacial score (nSPS) is 9.11. The molecule has 4 nitrogen and oxygen atoms in total. The molecule has 0 aromatic carbocycles. The second-order valence-corrected chi connectivity index (χ2v) is 5.07. The van der Waals surface area contributed by atoms with Gasteiger partial charge in [0.2, 0.25) is 0 Å². The van der Waals surface area contributed by atoms with Crippen molar-refractivity contribution >= 4 is 48.6 Å². The molecule has 0 saturated carbocycles. The van der Waals surface area contributed by atoms with E-state index in [1.807, 2.05) is 0 Å². The van der Waals surface area contributed by atoms with Crippen LogP contribution < -0.4 is 9.46 Å². The van der Waals surface area contributed by atoms with Gasteiger partial charge in [0.15, 0.2) is 12.4 Å². The van der Waals surface area contributed by atoms with Gasteiger partial charge in [0.05, 0.1) is 0 Å². The summed E-state index contributed by atoms with van der Waals surface area (Å²) >= 11 is 0. The van der Waals surface area contributed by atoms with Gasteiger partial charge in [-0.05, 0) is 12.1 Å². The van der Waals surface area contributed by atoms with E-state index < -0.39 is 0 Å². The van der Waals surface area contributed by atoms with Gasteiger partial charge in [-0.1, -0.05) is 0 Å². The Morgan fingerprint density at radius 2 is 1.11 bits per heavy atom. The van der Waals surface area contributed by atoms with Crippen LogP contribution in [0.2, 0.25) is 0 Å². The molecule has 0 radical (unpaired) electrons. The Balaban J connectivity index is 0.00000144. The molecule has 0 amide bonds. The van der Waals surface area contributed by atoms with E-state index in [4.69, 9.17) is 0 Å². The van der Waals surface area contributed by atoms with Crippen molar-refractivity contribution in [1.29, 1.82) is 0 Å². The molecule has 98 valence electrons. The van der Waals surface area contributed by atoms with E-state index in [0.717, 1.165) is 9.46 Å². The van der Waals surface area contributed by atoms with Crippen molar-refractivity contribution < 1.29 is 9.46 Å². The van der Waals surface area contributed by atoms with Gasteiger partial charge in [-0.3, -0.25) is 0 Å². The standard InChI is InChI=1S/C10H8N2O2S2.2H2S/c13-11-7-3-1-5-9(11)15-16-10-6-2-4-8-12(10)14;;/h1-8H;2*1H2. The molecule has 0 unspecified atom stereocenters. The molecule has 0 fully saturated rings. The van der Waals surface area contributed by atoms with Crippen LogP contribution in [-0.2, 0) is 0 Å². The largest absolute Gasteiger partial charge is 0.618 e. The second-order valence-electron chi connectivity index (χ2n) is 2.90. The summed E-state index contributed by atoms with van der Waals surface area (Å²) in [4.78, 5) is 0. The van der Waals surface area contributed by atoms with Crippen molar-refractivity contribution in [2.45, 2.75) is 10.1 Å². The van der Waals surface area contributed by atoms with Crippen LogP contribution >= 0.6 is 48.6 Å². The molecule has 2 heterocycles. The molecule has 2 aromatic rings. The van der Waals surface area contributed by atoms with E-state index in [1.165, 1.54) is 34.0 Å². The first kappa shape index (κ1) is 17.3. The maximum Gasteiger partial charge on any atom is 0.262 e. The first-order valence-corrected chi connectivity index (χ1v) is 6.63. The van der Waals surface area contributed by atoms with Crippen LogP contribution in [0.15, 0.2) is 58.8 Å². The fraction of sp³-hybridized carbons (Fsp3) is 0. The summed E-state index contributed by atoms with van der Waals surface area (Å²) in [6, 6.07) is 10.3. The summed E-state index contributed by atoms with van der Waals surface area (Å²) in [5.41, 5.74) is 0. The highest BCUT2D eigenvalue weighted by Gasteiger charge is 2.10. The van der Waals surface area contributed by atoms with Gasteiger partial charge in [-0.2, -0.15) is 36.5 Å². The smallest absolute Gasteiger partial charge is 0.262 e. The van der Waals surface area contributed by atoms with Crippen molar-refractivity contribution in [3.05, 3.63) is 59.2 Å². The SMILES string of the molecule is S.S.[O-][n+]1ccccc1SSc1cccc[n+]1[O-]. The van der Waals surface area contributed by atoms with E-state index in [2.05, 4.69) is 0 Å². The van der Waals surface area contributed by atoms with Gasteiger partial charge in [0, 0.05) is 45.9 Å². The van der Waals surface area contributed by atoms with Crippen LogP contribution in [0.25, 0.3) is 0 Å². The quantitative estimate of drug-likeness (QED) is 0.493. The van der Waals surface area contributed by atoms with Crippen LogP contribution in [0, 0.1) is 10.4 Å². The lowest BCUT2D eigenvalue weighted by atomic mass is 10.5. The number of hydrogen-bond donors (Lipinski definition) is 0. The monoisotopic (exact) mass is 320 g/mol. The van der Waals surface area contributed by atoms with Crippen LogP contribution in [0.5, 0.6) is 0 Å². The second kappa shape index (κ2) is 8.41. The van der Waals surface area contributed by atoms with E-state index in [-0.39, 0.29) is 27.0 Å². The molecule has 2 aromatic heterocycles. The molecule has 2 rings (SSSR count). The maximum absolute atomic E-state index is 11.3. The minimum atomic E-state index is 0. The van der Waals surface area contributed by atoms with Gasteiger partial charge in [-0.15, -0.1) is 0 Å². The molecular formula is C10H12N2O2S4. The zero-order chi connectivity index (χ0) is 11.4. The summed E-state index contributed by atoms with van der Waals surface area (Å²) in [5, 5.41) is 23.8. The Kier molecular flexibility index (Phi) is 8.08. The fourth-order valence-corrected chi connectivity index (χ4v) is 3.03. The molecule has 0 saturated heterocycles. The van der Waals surface area contributed by atoms with Gasteiger partial charge in [-0.25, -0.2) is 0 Å². The average Bonchev–Trinajstić information content (AvgIpc) is 2.30. The number of rotatable bonds is 3. The Labute approximate surface area is 127 Å². The van der Waals surface area contributed by atoms with Crippen molar-refractivity contribution in [3.8, 4) is 0 Å². The Hall–Kier alpha value is -0.700. The first-order chi connectivity index (χ1) is 7.77. The molecule has 18 heavy (non-hydrogen) atoms. The third-order valence-electron chi connectivity index (χ3n) is 1.79. The highest BCUT2D eigenvalue weighted by molar-refractivity contribution is 8.76. The lowest BCUT2D eigenvalue weighted by Crippen LogP contribution is -2.28. The molecular weight excluding hydrogens is 308 g/mol. The van der Waals surface area contributed by atoms with Crippen LogP contribution in [-0.4, -0.2) is 0 Å². The van der Waals surface area contributed by atoms with E-state index >= 15 is 0 Å². The van der Waals surface area contributed by atoms with Crippen LogP contribution in [0.4, 0.5) is 0 Å². The average molecular weight is 320 g/mol. The van der Waals surface area contributed by atoms with E-state index in [0.29, 0.717) is 10.1 Å². The number of pyridine rings is 2. The number of nitrogens with zero attached hydrogens (tertiary/aromatic N) is 2. The summed E-state index contributed by atoms with van der Waals surface area (Å²) in [5.74, 6) is 0. The van der Waals surface area contributed by atoms with Gasteiger partial charge >= 0.3 is 0 Å². The molecule has 0 atom stereocenters. The summed E-state index contributed by atoms with van der Waals surface area (Å²) in [6.45, 7) is 0. The molecule has 0 N–H and O–H groups in total. The fourth-order valence-electron chi connectivity index (χ4n) is 1.04. The van der Waals surface area contributed by atoms with Gasteiger partial charge < -0.3 is 10.4 Å². The van der Waals surface area contributed by atoms with Crippen molar-refractivity contribution in [2.24, 2.45) is 0 Å². The Morgan fingerprint density at radius 3 is 1.44 bits per heavy atom. The van der Waals surface area contributed by atoms with Crippen LogP contribution in [0.1, 0.15) is 0 Å². The Bertz CT molecular complexity index is 453. The summed E-state index contributed by atoms with van der Waals surface area (Å²) in [7, 11) is 2.52. The third-order valence-corrected chi connectivity index (χ3v) is 4.12. The maximum atomic E-state index is 11.3. The lowest BCUT2D eigenvalue weighted by molar-refractivity contribution is -0.646. The van der Waals surface area contributed by atoms with Crippen molar-refractivity contribution in [3.63, 3.8) is 0 Å². The van der Waals surface area contributed by atoms with Gasteiger partial charge in [0.25, 0.3) is 10.1 Å². The molecule has 0 spiro atoms. The molecule has 0 aliphatic rings. The van der Waals surface area contributed by atoms with Crippen molar-refractivity contribution in [1.82, 2.24) is 0 Å². The number of hydrogen-bond acceptors (Lipinski definition) is 4. The highest BCUT2D eigenvalue weighted by Crippen LogP contribution is 2.33. The Morgan fingerprint density at radius 1 is 0.722 bits per heavy atom. The molecule has 8 heteroatoms. The zero-order valence-electron chi connectivity index (χ0n) is 9.15. The van der Waals surface area contributed by atoms with Crippen molar-refractivity contribution in [2.75, 3.05) is 0 Å². The summed E-state index contributed by atoms with van der Waals surface area (Å²) in [6.07, 6.45) is 2.86. The zero-order valence-corrected chi connectivity index (χ0v) is 12.8. The predicted molar refractivity (Wildman–Crippen MR) is 83.3 cm³/mol. The lowest BCUT2D eigenvalue weighted by Gasteiger charge is -2.03. The van der Waals surface area contributed by atoms with E-state index in [9.17, 15) is 10.4 Å². The minimum Gasteiger partial charge on any atom is -0.618 e. The molecule has 0 aliphatic heterocycles. The first-order valence-electron chi connectivity index (χ1n) is 4.48. The molecule has 0 bridgehead atoms. The van der Waals surface area contributed by atoms with Gasteiger partial charge in [0.1, 0.15) is 0 Å². The minimum absolute atomic E-state index is 0. The topological polar surface area (TPSA) is 53.9 Å². The third kappa shape index (κ3) is 4.52. The molecule has 0 aliphatic carbocycles. The van der Waals surface area contributed by atoms with E-state index in [1.54, 1.807) is 36.4 Å². The number of aromatic nitrogens is 2. The predicted octanol–water partition coefficient (Wildman–Crippen LogP) is 1.98. The van der Waals surface area contributed by atoms with Crippen LogP contribution in [0.3, 0.4) is 0 Å².